The third kappa shape index (κ3) is 8.40. The lowest BCUT2D eigenvalue weighted by atomic mass is 10.1. The van der Waals surface area contributed by atoms with E-state index in [1.165, 1.54) is 7.11 Å². The van der Waals surface area contributed by atoms with E-state index in [1.807, 2.05) is 26.0 Å². The summed E-state index contributed by atoms with van der Waals surface area (Å²) in [6.45, 7) is 4.29. The Kier molecular flexibility index (Phi) is 12.9. The molecule has 0 saturated carbocycles. The fraction of sp³-hybridized carbons (Fsp3) is 0.421. The zero-order chi connectivity index (χ0) is 25.8. The van der Waals surface area contributed by atoms with E-state index in [-0.39, 0.29) is 6.42 Å². The number of anilines is 1. The van der Waals surface area contributed by atoms with E-state index in [0.29, 0.717) is 30.6 Å². The molecule has 0 aliphatic carbocycles. The Morgan fingerprint density at radius 3 is 2.06 bits per heavy atom. The average Bonchev–Trinajstić information content (AvgIpc) is 2.86. The molecule has 1 aromatic rings. The molecule has 0 aliphatic heterocycles. The van der Waals surface area contributed by atoms with Crippen molar-refractivity contribution < 1.29 is 37.2 Å². The van der Waals surface area contributed by atoms with E-state index >= 15 is 0 Å². The molecular formula is C19H33N5O8P2. The summed E-state index contributed by atoms with van der Waals surface area (Å²) >= 11 is 0. The third-order valence-corrected chi connectivity index (χ3v) is 9.67. The van der Waals surface area contributed by atoms with Gasteiger partial charge in [0.05, 0.1) is 12.7 Å². The van der Waals surface area contributed by atoms with Gasteiger partial charge in [-0.1, -0.05) is 35.4 Å². The van der Waals surface area contributed by atoms with E-state index in [2.05, 4.69) is 23.8 Å². The summed E-state index contributed by atoms with van der Waals surface area (Å²) in [4.78, 5) is 11.9. The molecule has 0 unspecified atom stereocenters. The van der Waals surface area contributed by atoms with Crippen LogP contribution < -0.4 is 28.9 Å². The molecule has 34 heavy (non-hydrogen) atoms. The lowest BCUT2D eigenvalue weighted by Crippen LogP contribution is -2.22. The Bertz CT molecular complexity index is 930. The number of rotatable bonds is 15. The van der Waals surface area contributed by atoms with Crippen LogP contribution in [0, 0.1) is 0 Å². The van der Waals surface area contributed by atoms with Gasteiger partial charge in [-0.25, -0.2) is 46.9 Å². The number of methoxy groups -OCH3 is 1. The SMILES string of the molecule is COC(=O)c1ccccc1NC/C(C)=C/CC/C(C)=C/CC(P(=O)(ON)ON)P(=O)(ON)ON. The number of benzene rings is 1. The van der Waals surface area contributed by atoms with E-state index in [1.54, 1.807) is 24.3 Å². The highest BCUT2D eigenvalue weighted by molar-refractivity contribution is 7.72. The molecular weight excluding hydrogens is 488 g/mol. The van der Waals surface area contributed by atoms with Gasteiger partial charge in [-0.05, 0) is 45.2 Å². The number of nitrogens with one attached hydrogen (secondary N) is 1. The predicted molar refractivity (Wildman–Crippen MR) is 128 cm³/mol. The molecule has 0 amide bonds. The Hall–Kier alpha value is -1.89. The van der Waals surface area contributed by atoms with Crippen LogP contribution in [0.1, 0.15) is 43.5 Å². The zero-order valence-electron chi connectivity index (χ0n) is 19.3. The maximum Gasteiger partial charge on any atom is 0.378 e. The lowest BCUT2D eigenvalue weighted by Gasteiger charge is -2.26. The van der Waals surface area contributed by atoms with Gasteiger partial charge >= 0.3 is 21.2 Å². The average molecular weight is 521 g/mol. The van der Waals surface area contributed by atoms with Crippen LogP contribution >= 0.6 is 15.2 Å². The molecule has 0 radical (unpaired) electrons. The summed E-state index contributed by atoms with van der Waals surface area (Å²) in [5.74, 6) is 19.6. The van der Waals surface area contributed by atoms with Crippen molar-refractivity contribution in [2.24, 2.45) is 23.6 Å². The molecule has 0 aromatic heterocycles. The number of carbonyl (C=O) groups is 1. The van der Waals surface area contributed by atoms with E-state index in [9.17, 15) is 13.9 Å². The first-order valence-electron chi connectivity index (χ1n) is 10.1. The number of hydrogen-bond donors (Lipinski definition) is 5. The van der Waals surface area contributed by atoms with Crippen molar-refractivity contribution in [2.75, 3.05) is 19.0 Å². The van der Waals surface area contributed by atoms with Crippen molar-refractivity contribution in [3.8, 4) is 0 Å². The molecule has 13 nitrogen and oxygen atoms in total. The molecule has 9 N–H and O–H groups in total. The van der Waals surface area contributed by atoms with Crippen LogP contribution in [0.3, 0.4) is 0 Å². The van der Waals surface area contributed by atoms with Gasteiger partial charge < -0.3 is 10.1 Å². The number of allylic oxidation sites excluding steroid dienone is 3. The minimum atomic E-state index is -4.31. The Morgan fingerprint density at radius 2 is 1.53 bits per heavy atom. The van der Waals surface area contributed by atoms with Gasteiger partial charge in [0.2, 0.25) is 0 Å². The van der Waals surface area contributed by atoms with E-state index in [4.69, 9.17) is 28.3 Å². The summed E-state index contributed by atoms with van der Waals surface area (Å²) in [5.41, 5.74) is 3.03. The molecule has 0 bridgehead atoms. The molecule has 1 rings (SSSR count). The second-order valence-corrected chi connectivity index (χ2v) is 11.9. The maximum absolute atomic E-state index is 12.6. The van der Waals surface area contributed by atoms with Crippen molar-refractivity contribution in [3.05, 3.63) is 53.1 Å². The summed E-state index contributed by atoms with van der Waals surface area (Å²) < 4.78 is 47.3. The molecule has 0 aliphatic rings. The molecule has 0 atom stereocenters. The van der Waals surface area contributed by atoms with Crippen molar-refractivity contribution in [3.63, 3.8) is 0 Å². The summed E-state index contributed by atoms with van der Waals surface area (Å²) in [5, 5.41) is 1.64. The fourth-order valence-corrected chi connectivity index (χ4v) is 6.38. The summed E-state index contributed by atoms with van der Waals surface area (Å²) in [7, 11) is -7.29. The van der Waals surface area contributed by atoms with Crippen LogP contribution in [0.25, 0.3) is 0 Å². The Balaban J connectivity index is 2.77. The fourth-order valence-electron chi connectivity index (χ4n) is 2.95. The van der Waals surface area contributed by atoms with E-state index < -0.39 is 26.6 Å². The van der Waals surface area contributed by atoms with Crippen LogP contribution in [0.4, 0.5) is 5.69 Å². The van der Waals surface area contributed by atoms with Gasteiger partial charge in [0.1, 0.15) is 0 Å². The van der Waals surface area contributed by atoms with Crippen molar-refractivity contribution >= 4 is 26.8 Å². The van der Waals surface area contributed by atoms with Gasteiger partial charge in [0, 0.05) is 12.2 Å². The normalized spacial score (nSPS) is 13.3. The van der Waals surface area contributed by atoms with Crippen LogP contribution in [-0.4, -0.2) is 25.0 Å². The molecule has 192 valence electrons. The second-order valence-electron chi connectivity index (χ2n) is 7.25. The molecule has 0 spiro atoms. The quantitative estimate of drug-likeness (QED) is 0.0971. The molecule has 15 heteroatoms. The number of hydrogen-bond acceptors (Lipinski definition) is 13. The maximum atomic E-state index is 12.6. The highest BCUT2D eigenvalue weighted by Gasteiger charge is 2.50. The number of esters is 1. The predicted octanol–water partition coefficient (Wildman–Crippen LogP) is 3.22. The number of ether oxygens (including phenoxy) is 1. The number of para-hydroxylation sites is 1. The minimum absolute atomic E-state index is 0.169. The smallest absolute Gasteiger partial charge is 0.378 e. The minimum Gasteiger partial charge on any atom is -0.465 e. The van der Waals surface area contributed by atoms with Gasteiger partial charge in [-0.3, -0.25) is 9.13 Å². The third-order valence-electron chi connectivity index (χ3n) is 4.92. The molecule has 0 saturated heterocycles. The first kappa shape index (κ1) is 30.1. The molecule has 0 fully saturated rings. The second kappa shape index (κ2) is 14.5. The molecule has 1 aromatic carbocycles. The van der Waals surface area contributed by atoms with Gasteiger partial charge in [0.25, 0.3) is 0 Å². The van der Waals surface area contributed by atoms with Gasteiger partial charge in [-0.15, -0.1) is 0 Å². The van der Waals surface area contributed by atoms with Crippen LogP contribution in [0.5, 0.6) is 0 Å². The van der Waals surface area contributed by atoms with Crippen LogP contribution in [0.2, 0.25) is 0 Å². The lowest BCUT2D eigenvalue weighted by molar-refractivity contribution is 0.0601. The summed E-state index contributed by atoms with van der Waals surface area (Å²) in [6, 6.07) is 7.07. The van der Waals surface area contributed by atoms with Crippen molar-refractivity contribution in [1.29, 1.82) is 0 Å². The van der Waals surface area contributed by atoms with Crippen molar-refractivity contribution in [2.45, 2.75) is 38.5 Å². The first-order chi connectivity index (χ1) is 16.1. The standard InChI is InChI=1S/C19H33N5O8P2/c1-14(11-12-18(33(26,29-20)30-21)34(27,31-22)32-23)7-6-8-15(2)13-24-17-10-5-4-9-16(17)19(25)28-3/h4-5,8-11,18,24H,6-7,12-13,20-23H2,1-3H3/b14-11+,15-8+. The van der Waals surface area contributed by atoms with Crippen molar-refractivity contribution in [1.82, 2.24) is 0 Å². The zero-order valence-corrected chi connectivity index (χ0v) is 21.1. The Morgan fingerprint density at radius 1 is 0.971 bits per heavy atom. The van der Waals surface area contributed by atoms with E-state index in [0.717, 1.165) is 11.1 Å². The summed E-state index contributed by atoms with van der Waals surface area (Å²) in [6.07, 6.45) is 4.79. The Labute approximate surface area is 198 Å². The number of nitrogens with two attached hydrogens (primary N) is 4. The monoisotopic (exact) mass is 521 g/mol. The highest BCUT2D eigenvalue weighted by Crippen LogP contribution is 2.69. The topological polar surface area (TPSA) is 213 Å². The highest BCUT2D eigenvalue weighted by atomic mass is 31.2. The van der Waals surface area contributed by atoms with Gasteiger partial charge in [-0.2, -0.15) is 0 Å². The van der Waals surface area contributed by atoms with Gasteiger partial charge in [0.15, 0.2) is 5.40 Å². The molecule has 0 heterocycles. The van der Waals surface area contributed by atoms with Crippen LogP contribution in [0.15, 0.2) is 47.6 Å². The largest absolute Gasteiger partial charge is 0.465 e. The number of carbonyl (C=O) groups excluding carboxylic acids is 1. The van der Waals surface area contributed by atoms with Crippen LogP contribution in [-0.2, 0) is 32.4 Å². The first-order valence-corrected chi connectivity index (χ1v) is 13.3.